The molecule has 2 rings (SSSR count). The van der Waals surface area contributed by atoms with Crippen LogP contribution in [-0.2, 0) is 6.54 Å². The maximum absolute atomic E-state index is 5.87. The van der Waals surface area contributed by atoms with E-state index >= 15 is 0 Å². The van der Waals surface area contributed by atoms with Crippen LogP contribution in [0.2, 0.25) is 0 Å². The molecule has 0 aromatic heterocycles. The summed E-state index contributed by atoms with van der Waals surface area (Å²) in [6, 6.07) is 3.75. The van der Waals surface area contributed by atoms with Gasteiger partial charge in [-0.05, 0) is 26.8 Å². The van der Waals surface area contributed by atoms with Crippen LogP contribution in [0.3, 0.4) is 0 Å². The Labute approximate surface area is 135 Å². The Bertz CT molecular complexity index is 538. The number of fused-ring (bicyclic) bond motifs is 1. The third kappa shape index (κ3) is 4.70. The maximum Gasteiger partial charge on any atom is 0.231 e. The molecule has 21 heavy (non-hydrogen) atoms. The molecule has 6 heteroatoms. The van der Waals surface area contributed by atoms with Gasteiger partial charge in [-0.15, -0.1) is 0 Å². The second-order valence-corrected chi connectivity index (χ2v) is 6.47. The average molecular weight is 332 g/mol. The van der Waals surface area contributed by atoms with Crippen molar-refractivity contribution in [3.8, 4) is 17.2 Å². The maximum atomic E-state index is 5.87. The standard InChI is InChI=1S/C15H19Cl2NO3/c1-15(2,3)18-7-10-4-13-14(21-9-20-13)5-12(10)19-8-11(17)6-16/h4-6,18H,7-9H2,1-3H3. The molecule has 0 aliphatic carbocycles. The minimum absolute atomic E-state index is 0.00132. The number of hydrogen-bond donors (Lipinski definition) is 1. The molecule has 0 amide bonds. The summed E-state index contributed by atoms with van der Waals surface area (Å²) in [6.07, 6.45) is 0. The lowest BCUT2D eigenvalue weighted by Crippen LogP contribution is -2.35. The molecular weight excluding hydrogens is 313 g/mol. The average Bonchev–Trinajstić information content (AvgIpc) is 2.87. The predicted molar refractivity (Wildman–Crippen MR) is 84.4 cm³/mol. The summed E-state index contributed by atoms with van der Waals surface area (Å²) < 4.78 is 16.5. The van der Waals surface area contributed by atoms with Crippen molar-refractivity contribution >= 4 is 23.2 Å². The summed E-state index contributed by atoms with van der Waals surface area (Å²) in [5.74, 6) is 2.11. The first kappa shape index (κ1) is 16.3. The van der Waals surface area contributed by atoms with Crippen LogP contribution < -0.4 is 19.5 Å². The molecule has 1 aromatic carbocycles. The lowest BCUT2D eigenvalue weighted by atomic mass is 10.1. The number of rotatable bonds is 5. The third-order valence-corrected chi connectivity index (χ3v) is 3.44. The van der Waals surface area contributed by atoms with Crippen LogP contribution in [-0.4, -0.2) is 18.9 Å². The molecule has 0 atom stereocenters. The van der Waals surface area contributed by atoms with Gasteiger partial charge in [0.05, 0.1) is 5.03 Å². The van der Waals surface area contributed by atoms with Crippen LogP contribution in [0, 0.1) is 0 Å². The molecule has 1 N–H and O–H groups in total. The highest BCUT2D eigenvalue weighted by Gasteiger charge is 2.19. The van der Waals surface area contributed by atoms with Crippen molar-refractivity contribution in [1.82, 2.24) is 5.32 Å². The van der Waals surface area contributed by atoms with Gasteiger partial charge in [-0.25, -0.2) is 0 Å². The molecule has 0 unspecified atom stereocenters. The molecule has 1 aliphatic heterocycles. The van der Waals surface area contributed by atoms with Gasteiger partial charge < -0.3 is 19.5 Å². The van der Waals surface area contributed by atoms with Gasteiger partial charge in [-0.2, -0.15) is 0 Å². The number of ether oxygens (including phenoxy) is 3. The SMILES string of the molecule is CC(C)(C)NCc1cc2c(cc1OCC(Cl)=CCl)OCO2. The zero-order chi connectivity index (χ0) is 15.5. The Morgan fingerprint density at radius 3 is 2.62 bits per heavy atom. The molecule has 0 fully saturated rings. The van der Waals surface area contributed by atoms with Crippen LogP contribution in [0.25, 0.3) is 0 Å². The van der Waals surface area contributed by atoms with E-state index in [0.29, 0.717) is 23.1 Å². The van der Waals surface area contributed by atoms with E-state index in [2.05, 4.69) is 26.1 Å². The van der Waals surface area contributed by atoms with Crippen LogP contribution >= 0.6 is 23.2 Å². The van der Waals surface area contributed by atoms with E-state index in [1.807, 2.05) is 12.1 Å². The summed E-state index contributed by atoms with van der Waals surface area (Å²) in [7, 11) is 0. The first-order chi connectivity index (χ1) is 9.89. The number of hydrogen-bond acceptors (Lipinski definition) is 4. The largest absolute Gasteiger partial charge is 0.487 e. The molecule has 0 bridgehead atoms. The first-order valence-electron chi connectivity index (χ1n) is 6.64. The van der Waals surface area contributed by atoms with E-state index < -0.39 is 0 Å². The van der Waals surface area contributed by atoms with Crippen molar-refractivity contribution in [3.05, 3.63) is 28.3 Å². The summed E-state index contributed by atoms with van der Waals surface area (Å²) in [5.41, 5.74) is 2.27. The summed E-state index contributed by atoms with van der Waals surface area (Å²) in [4.78, 5) is 0. The minimum Gasteiger partial charge on any atom is -0.487 e. The molecule has 0 radical (unpaired) electrons. The van der Waals surface area contributed by atoms with E-state index in [4.69, 9.17) is 37.4 Å². The van der Waals surface area contributed by atoms with Crippen LogP contribution in [0.4, 0.5) is 0 Å². The zero-order valence-corrected chi connectivity index (χ0v) is 13.8. The number of benzene rings is 1. The Morgan fingerprint density at radius 1 is 1.33 bits per heavy atom. The van der Waals surface area contributed by atoms with Gasteiger partial charge in [0.25, 0.3) is 0 Å². The Morgan fingerprint density at radius 2 is 2.00 bits per heavy atom. The fourth-order valence-corrected chi connectivity index (χ4v) is 1.89. The topological polar surface area (TPSA) is 39.7 Å². The predicted octanol–water partition coefficient (Wildman–Crippen LogP) is 4.00. The number of halogens is 2. The zero-order valence-electron chi connectivity index (χ0n) is 12.3. The van der Waals surface area contributed by atoms with Gasteiger partial charge in [-0.1, -0.05) is 23.2 Å². The molecule has 0 saturated heterocycles. The fraction of sp³-hybridized carbons (Fsp3) is 0.467. The van der Waals surface area contributed by atoms with Crippen molar-refractivity contribution in [1.29, 1.82) is 0 Å². The lowest BCUT2D eigenvalue weighted by Gasteiger charge is -2.22. The van der Waals surface area contributed by atoms with E-state index in [9.17, 15) is 0 Å². The van der Waals surface area contributed by atoms with Gasteiger partial charge in [-0.3, -0.25) is 0 Å². The van der Waals surface area contributed by atoms with E-state index in [-0.39, 0.29) is 18.9 Å². The molecule has 1 heterocycles. The van der Waals surface area contributed by atoms with Crippen LogP contribution in [0.1, 0.15) is 26.3 Å². The first-order valence-corrected chi connectivity index (χ1v) is 7.45. The summed E-state index contributed by atoms with van der Waals surface area (Å²) in [5, 5.41) is 3.86. The molecule has 1 aliphatic rings. The second-order valence-electron chi connectivity index (χ2n) is 5.76. The van der Waals surface area contributed by atoms with Gasteiger partial charge in [0.15, 0.2) is 11.5 Å². The minimum atomic E-state index is 0.00132. The molecule has 4 nitrogen and oxygen atoms in total. The highest BCUT2D eigenvalue weighted by molar-refractivity contribution is 6.36. The molecule has 0 spiro atoms. The van der Waals surface area contributed by atoms with E-state index in [1.54, 1.807) is 0 Å². The fourth-order valence-electron chi connectivity index (χ4n) is 1.78. The molecule has 0 saturated carbocycles. The van der Waals surface area contributed by atoms with Crippen LogP contribution in [0.5, 0.6) is 17.2 Å². The van der Waals surface area contributed by atoms with Gasteiger partial charge in [0.2, 0.25) is 6.79 Å². The van der Waals surface area contributed by atoms with Crippen molar-refractivity contribution < 1.29 is 14.2 Å². The Balaban J connectivity index is 2.19. The normalized spacial score (nSPS) is 14.4. The lowest BCUT2D eigenvalue weighted by molar-refractivity contribution is 0.173. The van der Waals surface area contributed by atoms with Crippen molar-refractivity contribution in [2.45, 2.75) is 32.9 Å². The second kappa shape index (κ2) is 6.77. The highest BCUT2D eigenvalue weighted by atomic mass is 35.5. The third-order valence-electron chi connectivity index (χ3n) is 2.85. The summed E-state index contributed by atoms with van der Waals surface area (Å²) in [6.45, 7) is 7.41. The van der Waals surface area contributed by atoms with E-state index in [0.717, 1.165) is 11.3 Å². The molecule has 1 aromatic rings. The number of nitrogens with one attached hydrogen (secondary N) is 1. The molecular formula is C15H19Cl2NO3. The monoisotopic (exact) mass is 331 g/mol. The van der Waals surface area contributed by atoms with Gasteiger partial charge in [0, 0.05) is 29.2 Å². The van der Waals surface area contributed by atoms with Crippen molar-refractivity contribution in [2.24, 2.45) is 0 Å². The summed E-state index contributed by atoms with van der Waals surface area (Å²) >= 11 is 11.4. The Kier molecular flexibility index (Phi) is 5.25. The van der Waals surface area contributed by atoms with Gasteiger partial charge in [0.1, 0.15) is 12.4 Å². The Hall–Kier alpha value is -1.10. The van der Waals surface area contributed by atoms with Gasteiger partial charge >= 0.3 is 0 Å². The van der Waals surface area contributed by atoms with Crippen molar-refractivity contribution in [3.63, 3.8) is 0 Å². The van der Waals surface area contributed by atoms with Crippen molar-refractivity contribution in [2.75, 3.05) is 13.4 Å². The van der Waals surface area contributed by atoms with Crippen LogP contribution in [0.15, 0.2) is 22.7 Å². The quantitative estimate of drug-likeness (QED) is 0.885. The molecule has 116 valence electrons. The van der Waals surface area contributed by atoms with E-state index in [1.165, 1.54) is 5.54 Å². The smallest absolute Gasteiger partial charge is 0.231 e. The highest BCUT2D eigenvalue weighted by Crippen LogP contribution is 2.38.